The molecule has 0 bridgehead atoms. The Bertz CT molecular complexity index is 990. The Hall–Kier alpha value is -2.64. The zero-order valence-electron chi connectivity index (χ0n) is 14.7. The van der Waals surface area contributed by atoms with Crippen LogP contribution in [0.4, 0.5) is 4.39 Å². The topological polar surface area (TPSA) is 51.8 Å². The minimum Gasteiger partial charge on any atom is -0.376 e. The van der Waals surface area contributed by atoms with Crippen LogP contribution in [0.1, 0.15) is 18.5 Å². The predicted octanol–water partition coefficient (Wildman–Crippen LogP) is 3.71. The van der Waals surface area contributed by atoms with Crippen molar-refractivity contribution in [3.05, 3.63) is 70.4 Å². The quantitative estimate of drug-likeness (QED) is 0.632. The number of aromatic nitrogens is 2. The van der Waals surface area contributed by atoms with Crippen LogP contribution in [0, 0.1) is 5.82 Å². The van der Waals surface area contributed by atoms with Crippen LogP contribution in [0.5, 0.6) is 0 Å². The molecule has 0 spiro atoms. The summed E-state index contributed by atoms with van der Waals surface area (Å²) in [6.07, 6.45) is 5.67. The highest BCUT2D eigenvalue weighted by Gasteiger charge is 2.15. The van der Waals surface area contributed by atoms with Crippen molar-refractivity contribution in [2.24, 2.45) is 10.1 Å². The first-order valence-electron chi connectivity index (χ1n) is 8.83. The highest BCUT2D eigenvalue weighted by atomic mass is 32.1. The van der Waals surface area contributed by atoms with Gasteiger partial charge in [0.1, 0.15) is 5.82 Å². The van der Waals surface area contributed by atoms with Gasteiger partial charge in [-0.2, -0.15) is 5.10 Å². The Labute approximate surface area is 160 Å². The van der Waals surface area contributed by atoms with Crippen molar-refractivity contribution in [1.82, 2.24) is 9.66 Å². The van der Waals surface area contributed by atoms with Gasteiger partial charge in [-0.15, -0.1) is 11.3 Å². The van der Waals surface area contributed by atoms with Crippen LogP contribution in [-0.4, -0.2) is 35.1 Å². The molecule has 1 aliphatic heterocycles. The van der Waals surface area contributed by atoms with Crippen molar-refractivity contribution in [2.45, 2.75) is 18.9 Å². The molecule has 4 rings (SSSR count). The number of thiazole rings is 1. The molecule has 5 nitrogen and oxygen atoms in total. The molecular weight excluding hydrogens is 363 g/mol. The first-order valence-corrected chi connectivity index (χ1v) is 9.71. The van der Waals surface area contributed by atoms with E-state index in [9.17, 15) is 4.39 Å². The Balaban J connectivity index is 1.72. The van der Waals surface area contributed by atoms with E-state index in [1.807, 2.05) is 29.6 Å². The molecule has 0 saturated carbocycles. The van der Waals surface area contributed by atoms with Gasteiger partial charge in [-0.3, -0.25) is 9.98 Å². The highest BCUT2D eigenvalue weighted by Crippen LogP contribution is 2.21. The molecule has 0 N–H and O–H groups in total. The molecule has 0 aliphatic carbocycles. The molecule has 1 aromatic carbocycles. The Morgan fingerprint density at radius 1 is 1.30 bits per heavy atom. The number of ether oxygens (including phenoxy) is 1. The van der Waals surface area contributed by atoms with E-state index >= 15 is 0 Å². The first kappa shape index (κ1) is 17.8. The van der Waals surface area contributed by atoms with Gasteiger partial charge in [-0.05, 0) is 37.1 Å². The molecule has 1 fully saturated rings. The van der Waals surface area contributed by atoms with Gasteiger partial charge < -0.3 is 4.74 Å². The van der Waals surface area contributed by atoms with E-state index in [0.29, 0.717) is 6.54 Å². The van der Waals surface area contributed by atoms with Gasteiger partial charge in [0.05, 0.1) is 30.3 Å². The molecule has 7 heteroatoms. The average Bonchev–Trinajstić information content (AvgIpc) is 3.35. The molecule has 1 saturated heterocycles. The summed E-state index contributed by atoms with van der Waals surface area (Å²) in [6, 6.07) is 12.1. The number of rotatable bonds is 5. The van der Waals surface area contributed by atoms with Crippen molar-refractivity contribution in [3.8, 4) is 11.3 Å². The summed E-state index contributed by atoms with van der Waals surface area (Å²) in [6.45, 7) is 1.40. The molecule has 138 valence electrons. The lowest BCUT2D eigenvalue weighted by Crippen LogP contribution is -2.17. The molecule has 1 aliphatic rings. The van der Waals surface area contributed by atoms with Crippen LogP contribution in [-0.2, 0) is 4.74 Å². The Kier molecular flexibility index (Phi) is 5.50. The third kappa shape index (κ3) is 4.37. The van der Waals surface area contributed by atoms with E-state index in [1.54, 1.807) is 23.2 Å². The van der Waals surface area contributed by atoms with Crippen molar-refractivity contribution in [2.75, 3.05) is 13.2 Å². The molecular formula is C20H19FN4OS. The van der Waals surface area contributed by atoms with Crippen LogP contribution in [0.15, 0.2) is 64.1 Å². The summed E-state index contributed by atoms with van der Waals surface area (Å²) >= 11 is 1.48. The van der Waals surface area contributed by atoms with Gasteiger partial charge >= 0.3 is 0 Å². The summed E-state index contributed by atoms with van der Waals surface area (Å²) in [4.78, 5) is 9.71. The zero-order valence-corrected chi connectivity index (χ0v) is 15.5. The highest BCUT2D eigenvalue weighted by molar-refractivity contribution is 7.07. The van der Waals surface area contributed by atoms with E-state index in [2.05, 4.69) is 10.1 Å². The molecule has 27 heavy (non-hydrogen) atoms. The second kappa shape index (κ2) is 8.37. The molecule has 2 aromatic heterocycles. The van der Waals surface area contributed by atoms with E-state index in [1.165, 1.54) is 23.5 Å². The summed E-state index contributed by atoms with van der Waals surface area (Å²) in [5.41, 5.74) is 2.28. The van der Waals surface area contributed by atoms with Crippen LogP contribution >= 0.6 is 11.3 Å². The maximum absolute atomic E-state index is 13.7. The lowest BCUT2D eigenvalue weighted by atomic mass is 10.2. The smallest absolute Gasteiger partial charge is 0.206 e. The number of benzene rings is 1. The van der Waals surface area contributed by atoms with Gasteiger partial charge in [0, 0.05) is 23.7 Å². The van der Waals surface area contributed by atoms with Crippen LogP contribution in [0.3, 0.4) is 0 Å². The lowest BCUT2D eigenvalue weighted by Gasteiger charge is -2.05. The maximum Gasteiger partial charge on any atom is 0.206 e. The fourth-order valence-corrected chi connectivity index (χ4v) is 3.75. The average molecular weight is 382 g/mol. The standard InChI is InChI=1S/C20H19FN4OS/c21-16-6-3-5-15(11-16)19-14-27-20(23-13-18-8-4-10-26-18)25(19)24-12-17-7-1-2-9-22-17/h1-3,5-7,9,11-12,14,18H,4,8,10,13H2/b23-20?,24-12-/t18-/m0/s1. The van der Waals surface area contributed by atoms with E-state index in [0.717, 1.165) is 41.2 Å². The molecule has 1 atom stereocenters. The van der Waals surface area contributed by atoms with Crippen LogP contribution in [0.2, 0.25) is 0 Å². The molecule has 0 unspecified atom stereocenters. The third-order valence-electron chi connectivity index (χ3n) is 4.25. The molecule has 3 aromatic rings. The Morgan fingerprint density at radius 3 is 3.04 bits per heavy atom. The molecule has 3 heterocycles. The van der Waals surface area contributed by atoms with Crippen molar-refractivity contribution >= 4 is 17.6 Å². The monoisotopic (exact) mass is 382 g/mol. The van der Waals surface area contributed by atoms with E-state index in [4.69, 9.17) is 9.73 Å². The second-order valence-corrected chi connectivity index (χ2v) is 7.04. The van der Waals surface area contributed by atoms with E-state index < -0.39 is 0 Å². The maximum atomic E-state index is 13.7. The fraction of sp³-hybridized carbons (Fsp3) is 0.250. The number of hydrogen-bond acceptors (Lipinski definition) is 5. The predicted molar refractivity (Wildman–Crippen MR) is 104 cm³/mol. The number of pyridine rings is 1. The minimum atomic E-state index is -0.281. The van der Waals surface area contributed by atoms with Crippen molar-refractivity contribution in [1.29, 1.82) is 0 Å². The normalized spacial score (nSPS) is 17.8. The summed E-state index contributed by atoms with van der Waals surface area (Å²) in [5, 5.41) is 6.51. The zero-order chi connectivity index (χ0) is 18.5. The van der Waals surface area contributed by atoms with Crippen LogP contribution < -0.4 is 4.80 Å². The fourth-order valence-electron chi connectivity index (χ4n) is 2.90. The number of hydrogen-bond donors (Lipinski definition) is 0. The first-order chi connectivity index (χ1) is 13.3. The van der Waals surface area contributed by atoms with E-state index in [-0.39, 0.29) is 11.9 Å². The van der Waals surface area contributed by atoms with Gasteiger partial charge in [-0.1, -0.05) is 18.2 Å². The largest absolute Gasteiger partial charge is 0.376 e. The van der Waals surface area contributed by atoms with Gasteiger partial charge in [0.25, 0.3) is 0 Å². The minimum absolute atomic E-state index is 0.165. The van der Waals surface area contributed by atoms with Crippen molar-refractivity contribution < 1.29 is 9.13 Å². The summed E-state index contributed by atoms with van der Waals surface area (Å²) in [5.74, 6) is -0.281. The van der Waals surface area contributed by atoms with Crippen LogP contribution in [0.25, 0.3) is 11.3 Å². The Morgan fingerprint density at radius 2 is 2.26 bits per heavy atom. The SMILES string of the molecule is Fc1cccc(-c2csc(=NC[C@@H]3CCCO3)n2/N=C\c2ccccn2)c1. The summed E-state index contributed by atoms with van der Waals surface area (Å²) < 4.78 is 21.1. The third-order valence-corrected chi connectivity index (χ3v) is 5.11. The van der Waals surface area contributed by atoms with Gasteiger partial charge in [0.15, 0.2) is 0 Å². The lowest BCUT2D eigenvalue weighted by molar-refractivity contribution is 0.117. The molecule has 0 amide bonds. The number of halogens is 1. The van der Waals surface area contributed by atoms with Gasteiger partial charge in [0.2, 0.25) is 4.80 Å². The van der Waals surface area contributed by atoms with Gasteiger partial charge in [-0.25, -0.2) is 9.07 Å². The molecule has 0 radical (unpaired) electrons. The number of nitrogens with zero attached hydrogens (tertiary/aromatic N) is 4. The summed E-state index contributed by atoms with van der Waals surface area (Å²) in [7, 11) is 0. The van der Waals surface area contributed by atoms with Crippen molar-refractivity contribution in [3.63, 3.8) is 0 Å². The second-order valence-electron chi connectivity index (χ2n) is 6.20.